The standard InChI is InChI=1S/C6H6N3O6P/c7-16(14)15-6-2-1-4(8(10)11)3-5(6)9(12)13/h1-3,14H,7H2. The van der Waals surface area contributed by atoms with Gasteiger partial charge in [0.2, 0.25) is 5.75 Å². The number of nitrogens with zero attached hydrogens (tertiary/aromatic N) is 2. The van der Waals surface area contributed by atoms with Crippen molar-refractivity contribution in [3.05, 3.63) is 38.4 Å². The third-order valence-corrected chi connectivity index (χ3v) is 1.93. The van der Waals surface area contributed by atoms with Gasteiger partial charge in [-0.2, -0.15) is 0 Å². The lowest BCUT2D eigenvalue weighted by atomic mass is 10.2. The quantitative estimate of drug-likeness (QED) is 0.460. The van der Waals surface area contributed by atoms with Crippen LogP contribution in [-0.4, -0.2) is 14.7 Å². The topological polar surface area (TPSA) is 142 Å². The zero-order chi connectivity index (χ0) is 12.3. The van der Waals surface area contributed by atoms with Gasteiger partial charge in [0.15, 0.2) is 0 Å². The molecule has 9 nitrogen and oxygen atoms in total. The van der Waals surface area contributed by atoms with Gasteiger partial charge in [-0.1, -0.05) is 0 Å². The molecule has 1 unspecified atom stereocenters. The molecule has 1 atom stereocenters. The maximum atomic E-state index is 10.6. The van der Waals surface area contributed by atoms with Crippen LogP contribution in [0.5, 0.6) is 5.75 Å². The smallest absolute Gasteiger partial charge is 0.318 e. The molecule has 1 rings (SSSR count). The maximum absolute atomic E-state index is 10.6. The molecule has 0 aliphatic carbocycles. The SMILES string of the molecule is NP(O)Oc1ccc([N+](=O)[O-])cc1[N+](=O)[O-]. The number of hydrogen-bond acceptors (Lipinski definition) is 7. The van der Waals surface area contributed by atoms with Gasteiger partial charge < -0.3 is 9.42 Å². The molecule has 0 aliphatic heterocycles. The highest BCUT2D eigenvalue weighted by molar-refractivity contribution is 7.43. The van der Waals surface area contributed by atoms with Gasteiger partial charge in [-0.05, 0) is 6.07 Å². The number of benzene rings is 1. The predicted molar refractivity (Wildman–Crippen MR) is 53.7 cm³/mol. The Balaban J connectivity index is 3.19. The summed E-state index contributed by atoms with van der Waals surface area (Å²) in [5.41, 5.74) is 3.86. The highest BCUT2D eigenvalue weighted by Crippen LogP contribution is 2.36. The van der Waals surface area contributed by atoms with Crippen LogP contribution in [0.25, 0.3) is 0 Å². The van der Waals surface area contributed by atoms with E-state index >= 15 is 0 Å². The van der Waals surface area contributed by atoms with Crippen molar-refractivity contribution in [2.24, 2.45) is 5.50 Å². The summed E-state index contributed by atoms with van der Waals surface area (Å²) in [5, 5.41) is 20.9. The van der Waals surface area contributed by atoms with Crippen molar-refractivity contribution < 1.29 is 19.3 Å². The molecule has 0 aromatic heterocycles. The Kier molecular flexibility index (Phi) is 3.67. The van der Waals surface area contributed by atoms with Gasteiger partial charge in [-0.15, -0.1) is 0 Å². The summed E-state index contributed by atoms with van der Waals surface area (Å²) in [6.45, 7) is 0. The molecular formula is C6H6N3O6P. The molecule has 86 valence electrons. The van der Waals surface area contributed by atoms with Gasteiger partial charge >= 0.3 is 14.2 Å². The van der Waals surface area contributed by atoms with Gasteiger partial charge in [0.25, 0.3) is 5.69 Å². The lowest BCUT2D eigenvalue weighted by molar-refractivity contribution is -0.394. The van der Waals surface area contributed by atoms with E-state index in [0.29, 0.717) is 0 Å². The predicted octanol–water partition coefficient (Wildman–Crippen LogP) is 1.06. The number of rotatable bonds is 4. The molecule has 0 radical (unpaired) electrons. The molecule has 0 fully saturated rings. The molecule has 16 heavy (non-hydrogen) atoms. The number of nitro benzene ring substituents is 2. The summed E-state index contributed by atoms with van der Waals surface area (Å²) in [6, 6.07) is 2.75. The second-order valence-electron chi connectivity index (χ2n) is 2.56. The Bertz CT molecular complexity index is 436. The van der Waals surface area contributed by atoms with Crippen molar-refractivity contribution in [1.82, 2.24) is 0 Å². The van der Waals surface area contributed by atoms with E-state index in [2.05, 4.69) is 4.52 Å². The fourth-order valence-corrected chi connectivity index (χ4v) is 1.30. The zero-order valence-electron chi connectivity index (χ0n) is 7.64. The lowest BCUT2D eigenvalue weighted by Crippen LogP contribution is -1.99. The van der Waals surface area contributed by atoms with E-state index in [4.69, 9.17) is 10.4 Å². The average Bonchev–Trinajstić information content (AvgIpc) is 2.16. The first-order valence-corrected chi connectivity index (χ1v) is 5.04. The first-order chi connectivity index (χ1) is 7.41. The van der Waals surface area contributed by atoms with E-state index in [0.717, 1.165) is 18.2 Å². The van der Waals surface area contributed by atoms with Crippen molar-refractivity contribution in [3.8, 4) is 5.75 Å². The van der Waals surface area contributed by atoms with Crippen LogP contribution in [0.3, 0.4) is 0 Å². The van der Waals surface area contributed by atoms with Crippen LogP contribution < -0.4 is 10.0 Å². The average molecular weight is 247 g/mol. The molecule has 0 heterocycles. The fourth-order valence-electron chi connectivity index (χ4n) is 0.940. The molecule has 1 aromatic carbocycles. The van der Waals surface area contributed by atoms with Crippen molar-refractivity contribution >= 4 is 19.9 Å². The molecule has 10 heteroatoms. The minimum atomic E-state index is -2.32. The van der Waals surface area contributed by atoms with Crippen LogP contribution in [-0.2, 0) is 0 Å². The molecule has 0 bridgehead atoms. The van der Waals surface area contributed by atoms with Gasteiger partial charge in [-0.25, -0.2) is 0 Å². The Morgan fingerprint density at radius 2 is 1.94 bits per heavy atom. The van der Waals surface area contributed by atoms with E-state index in [1.54, 1.807) is 0 Å². The molecule has 0 saturated carbocycles. The number of hydrogen-bond donors (Lipinski definition) is 2. The highest BCUT2D eigenvalue weighted by atomic mass is 31.2. The van der Waals surface area contributed by atoms with Crippen LogP contribution in [0.1, 0.15) is 0 Å². The number of nitro groups is 2. The number of non-ortho nitro benzene ring substituents is 1. The van der Waals surface area contributed by atoms with Crippen LogP contribution in [0.4, 0.5) is 11.4 Å². The lowest BCUT2D eigenvalue weighted by Gasteiger charge is -2.06. The summed E-state index contributed by atoms with van der Waals surface area (Å²) in [7, 11) is -2.32. The fraction of sp³-hybridized carbons (Fsp3) is 0. The van der Waals surface area contributed by atoms with Crippen LogP contribution in [0.2, 0.25) is 0 Å². The summed E-state index contributed by atoms with van der Waals surface area (Å²) >= 11 is 0. The summed E-state index contributed by atoms with van der Waals surface area (Å²) in [5.74, 6) is -0.313. The first kappa shape index (κ1) is 12.2. The van der Waals surface area contributed by atoms with E-state index in [-0.39, 0.29) is 5.75 Å². The Hall–Kier alpha value is -1.83. The monoisotopic (exact) mass is 247 g/mol. The van der Waals surface area contributed by atoms with E-state index in [9.17, 15) is 20.2 Å². The Morgan fingerprint density at radius 3 is 2.38 bits per heavy atom. The molecule has 0 amide bonds. The van der Waals surface area contributed by atoms with Gasteiger partial charge in [0, 0.05) is 6.07 Å². The van der Waals surface area contributed by atoms with Crippen molar-refractivity contribution in [2.45, 2.75) is 0 Å². The first-order valence-electron chi connectivity index (χ1n) is 3.76. The van der Waals surface area contributed by atoms with Crippen molar-refractivity contribution in [3.63, 3.8) is 0 Å². The molecule has 0 aliphatic rings. The summed E-state index contributed by atoms with van der Waals surface area (Å²) < 4.78 is 4.58. The normalized spacial score (nSPS) is 11.9. The van der Waals surface area contributed by atoms with Crippen LogP contribution >= 0.6 is 8.53 Å². The van der Waals surface area contributed by atoms with E-state index < -0.39 is 29.7 Å². The van der Waals surface area contributed by atoms with Crippen molar-refractivity contribution in [1.29, 1.82) is 0 Å². The Labute approximate surface area is 89.7 Å². The zero-order valence-corrected chi connectivity index (χ0v) is 8.53. The number of nitrogens with two attached hydrogens (primary N) is 1. The van der Waals surface area contributed by atoms with E-state index in [1.807, 2.05) is 0 Å². The van der Waals surface area contributed by atoms with Crippen LogP contribution in [0, 0.1) is 20.2 Å². The molecule has 0 spiro atoms. The second-order valence-corrected chi connectivity index (χ2v) is 3.35. The van der Waals surface area contributed by atoms with Crippen LogP contribution in [0.15, 0.2) is 18.2 Å². The maximum Gasteiger partial charge on any atom is 0.318 e. The molecular weight excluding hydrogens is 241 g/mol. The van der Waals surface area contributed by atoms with E-state index in [1.165, 1.54) is 0 Å². The summed E-state index contributed by atoms with van der Waals surface area (Å²) in [6.07, 6.45) is 0. The minimum absolute atomic E-state index is 0.313. The third-order valence-electron chi connectivity index (χ3n) is 1.54. The third kappa shape index (κ3) is 2.83. The minimum Gasteiger partial charge on any atom is -0.429 e. The molecule has 3 N–H and O–H groups in total. The Morgan fingerprint density at radius 1 is 1.31 bits per heavy atom. The summed E-state index contributed by atoms with van der Waals surface area (Å²) in [4.78, 5) is 28.1. The van der Waals surface area contributed by atoms with Gasteiger partial charge in [-0.3, -0.25) is 25.7 Å². The molecule has 1 aromatic rings. The highest BCUT2D eigenvalue weighted by Gasteiger charge is 2.21. The van der Waals surface area contributed by atoms with Gasteiger partial charge in [0.1, 0.15) is 0 Å². The second kappa shape index (κ2) is 4.79. The van der Waals surface area contributed by atoms with Crippen molar-refractivity contribution in [2.75, 3.05) is 0 Å². The molecule has 0 saturated heterocycles. The van der Waals surface area contributed by atoms with Gasteiger partial charge in [0.05, 0.1) is 15.9 Å². The largest absolute Gasteiger partial charge is 0.429 e.